The first-order chi connectivity index (χ1) is 14.7. The highest BCUT2D eigenvalue weighted by Crippen LogP contribution is 2.40. The maximum atomic E-state index is 5.82. The topological polar surface area (TPSA) is 43.5 Å². The average Bonchev–Trinajstić information content (AvgIpc) is 3.72. The molecule has 2 aliphatic heterocycles. The van der Waals surface area contributed by atoms with Crippen molar-refractivity contribution in [1.82, 2.24) is 0 Å². The maximum Gasteiger partial charge on any atom is 0.119 e. The van der Waals surface area contributed by atoms with Crippen molar-refractivity contribution in [2.75, 3.05) is 26.4 Å². The molecule has 0 aliphatic carbocycles. The second-order valence-electron chi connectivity index (χ2n) is 8.07. The number of benzene rings is 3. The number of rotatable bonds is 9. The lowest BCUT2D eigenvalue weighted by Crippen LogP contribution is -2.25. The van der Waals surface area contributed by atoms with Gasteiger partial charge in [-0.25, -0.2) is 0 Å². The van der Waals surface area contributed by atoms with E-state index in [1.165, 1.54) is 16.7 Å². The summed E-state index contributed by atoms with van der Waals surface area (Å²) in [6.45, 7) is 5.10. The molecule has 2 atom stereocenters. The van der Waals surface area contributed by atoms with E-state index in [1.54, 1.807) is 0 Å². The lowest BCUT2D eigenvalue weighted by Gasteiger charge is -2.32. The molecule has 154 valence electrons. The first kappa shape index (κ1) is 19.2. The molecule has 0 radical (unpaired) electrons. The van der Waals surface area contributed by atoms with Gasteiger partial charge in [-0.15, -0.1) is 0 Å². The highest BCUT2D eigenvalue weighted by molar-refractivity contribution is 5.51. The van der Waals surface area contributed by atoms with Crippen LogP contribution in [-0.4, -0.2) is 38.6 Å². The Morgan fingerprint density at radius 1 is 0.667 bits per heavy atom. The highest BCUT2D eigenvalue weighted by Gasteiger charge is 2.31. The van der Waals surface area contributed by atoms with Crippen LogP contribution in [0.4, 0.5) is 0 Å². The predicted octanol–water partition coefficient (Wildman–Crippen LogP) is 4.60. The molecule has 5 rings (SSSR count). The molecular weight excluding hydrogens is 376 g/mol. The van der Waals surface area contributed by atoms with Gasteiger partial charge < -0.3 is 18.9 Å². The van der Waals surface area contributed by atoms with E-state index in [9.17, 15) is 0 Å². The Kier molecular flexibility index (Phi) is 5.19. The number of hydrogen-bond donors (Lipinski definition) is 0. The van der Waals surface area contributed by atoms with Gasteiger partial charge >= 0.3 is 0 Å². The van der Waals surface area contributed by atoms with Gasteiger partial charge in [0, 0.05) is 5.41 Å². The molecule has 2 aliphatic rings. The quantitative estimate of drug-likeness (QED) is 0.388. The molecule has 0 saturated carbocycles. The molecule has 2 unspecified atom stereocenters. The molecule has 2 fully saturated rings. The van der Waals surface area contributed by atoms with Crippen LogP contribution in [0.2, 0.25) is 0 Å². The van der Waals surface area contributed by atoms with Crippen molar-refractivity contribution in [3.8, 4) is 11.5 Å². The van der Waals surface area contributed by atoms with Crippen LogP contribution in [0.5, 0.6) is 11.5 Å². The first-order valence-corrected chi connectivity index (χ1v) is 10.5. The van der Waals surface area contributed by atoms with E-state index in [0.29, 0.717) is 13.2 Å². The van der Waals surface area contributed by atoms with E-state index in [1.807, 2.05) is 24.3 Å². The van der Waals surface area contributed by atoms with Crippen molar-refractivity contribution >= 4 is 0 Å². The summed E-state index contributed by atoms with van der Waals surface area (Å²) in [6, 6.07) is 27.4. The zero-order valence-electron chi connectivity index (χ0n) is 17.1. The summed E-state index contributed by atoms with van der Waals surface area (Å²) in [5, 5.41) is 0. The summed E-state index contributed by atoms with van der Waals surface area (Å²) in [4.78, 5) is 0. The standard InChI is InChI=1S/C26H26O4/c1-26(19-5-3-2-4-6-19,20-7-11-22(12-8-20)27-15-24-17-29-24)21-9-13-23(14-10-21)28-16-25-18-30-25/h2-14,24-25H,15-18H2,1H3. The Bertz CT molecular complexity index is 899. The molecule has 3 aromatic rings. The summed E-state index contributed by atoms with van der Waals surface area (Å²) >= 11 is 0. The van der Waals surface area contributed by atoms with Crippen LogP contribution in [-0.2, 0) is 14.9 Å². The van der Waals surface area contributed by atoms with E-state index in [-0.39, 0.29) is 17.6 Å². The maximum absolute atomic E-state index is 5.82. The van der Waals surface area contributed by atoms with Gasteiger partial charge in [0.15, 0.2) is 0 Å². The molecule has 4 nitrogen and oxygen atoms in total. The number of epoxide rings is 2. The fourth-order valence-corrected chi connectivity index (χ4v) is 3.75. The zero-order chi connectivity index (χ0) is 20.4. The van der Waals surface area contributed by atoms with Crippen molar-refractivity contribution in [3.63, 3.8) is 0 Å². The minimum atomic E-state index is -0.294. The smallest absolute Gasteiger partial charge is 0.119 e. The molecule has 0 amide bonds. The molecule has 3 aromatic carbocycles. The Balaban J connectivity index is 1.43. The average molecular weight is 402 g/mol. The first-order valence-electron chi connectivity index (χ1n) is 10.5. The van der Waals surface area contributed by atoms with E-state index >= 15 is 0 Å². The zero-order valence-corrected chi connectivity index (χ0v) is 17.1. The van der Waals surface area contributed by atoms with Crippen LogP contribution in [0, 0.1) is 0 Å². The predicted molar refractivity (Wildman–Crippen MR) is 115 cm³/mol. The molecule has 0 N–H and O–H groups in total. The van der Waals surface area contributed by atoms with Crippen LogP contribution in [0.25, 0.3) is 0 Å². The van der Waals surface area contributed by atoms with Gasteiger partial charge in [0.05, 0.1) is 13.2 Å². The summed E-state index contributed by atoms with van der Waals surface area (Å²) < 4.78 is 22.1. The molecule has 30 heavy (non-hydrogen) atoms. The molecule has 2 saturated heterocycles. The second kappa shape index (κ2) is 8.13. The molecule has 0 aromatic heterocycles. The van der Waals surface area contributed by atoms with E-state index in [4.69, 9.17) is 18.9 Å². The van der Waals surface area contributed by atoms with E-state index < -0.39 is 0 Å². The van der Waals surface area contributed by atoms with Crippen LogP contribution >= 0.6 is 0 Å². The summed E-state index contributed by atoms with van der Waals surface area (Å²) in [5.74, 6) is 1.74. The van der Waals surface area contributed by atoms with Crippen molar-refractivity contribution < 1.29 is 18.9 Å². The van der Waals surface area contributed by atoms with Crippen LogP contribution in [0.1, 0.15) is 23.6 Å². The van der Waals surface area contributed by atoms with Gasteiger partial charge in [-0.05, 0) is 47.9 Å². The van der Waals surface area contributed by atoms with Crippen LogP contribution < -0.4 is 9.47 Å². The minimum absolute atomic E-state index is 0.256. The highest BCUT2D eigenvalue weighted by atomic mass is 16.6. The largest absolute Gasteiger partial charge is 0.491 e. The lowest BCUT2D eigenvalue weighted by atomic mass is 9.71. The SMILES string of the molecule is CC(c1ccccc1)(c1ccc(OCC2CO2)cc1)c1ccc(OCC2CO2)cc1. The summed E-state index contributed by atoms with van der Waals surface area (Å²) in [7, 11) is 0. The Hall–Kier alpha value is -2.82. The van der Waals surface area contributed by atoms with Crippen molar-refractivity contribution in [2.24, 2.45) is 0 Å². The van der Waals surface area contributed by atoms with Gasteiger partial charge in [-0.2, -0.15) is 0 Å². The van der Waals surface area contributed by atoms with Crippen molar-refractivity contribution in [2.45, 2.75) is 24.5 Å². The fourth-order valence-electron chi connectivity index (χ4n) is 3.75. The monoisotopic (exact) mass is 402 g/mol. The molecule has 0 spiro atoms. The summed E-state index contributed by atoms with van der Waals surface area (Å²) in [5.41, 5.74) is 3.37. The number of ether oxygens (including phenoxy) is 4. The third-order valence-corrected chi connectivity index (χ3v) is 5.89. The van der Waals surface area contributed by atoms with Gasteiger partial charge in [0.25, 0.3) is 0 Å². The van der Waals surface area contributed by atoms with Gasteiger partial charge in [-0.3, -0.25) is 0 Å². The van der Waals surface area contributed by atoms with Gasteiger partial charge in [0.2, 0.25) is 0 Å². The molecule has 2 heterocycles. The lowest BCUT2D eigenvalue weighted by molar-refractivity contribution is 0.263. The minimum Gasteiger partial charge on any atom is -0.491 e. The van der Waals surface area contributed by atoms with E-state index in [0.717, 1.165) is 24.7 Å². The molecule has 4 heteroatoms. The summed E-state index contributed by atoms with van der Waals surface area (Å²) in [6.07, 6.45) is 0.512. The van der Waals surface area contributed by atoms with Crippen LogP contribution in [0.15, 0.2) is 78.9 Å². The normalized spacial score (nSPS) is 21.5. The Morgan fingerprint density at radius 2 is 1.07 bits per heavy atom. The molecular formula is C26H26O4. The Morgan fingerprint density at radius 3 is 1.47 bits per heavy atom. The third kappa shape index (κ3) is 4.20. The van der Waals surface area contributed by atoms with Gasteiger partial charge in [-0.1, -0.05) is 54.6 Å². The third-order valence-electron chi connectivity index (χ3n) is 5.89. The fraction of sp³-hybridized carbons (Fsp3) is 0.308. The van der Waals surface area contributed by atoms with E-state index in [2.05, 4.69) is 61.5 Å². The van der Waals surface area contributed by atoms with Gasteiger partial charge in [0.1, 0.15) is 36.9 Å². The Labute approximate surface area is 177 Å². The van der Waals surface area contributed by atoms with Crippen LogP contribution in [0.3, 0.4) is 0 Å². The van der Waals surface area contributed by atoms with Crippen molar-refractivity contribution in [3.05, 3.63) is 95.6 Å². The number of hydrogen-bond acceptors (Lipinski definition) is 4. The van der Waals surface area contributed by atoms with Crippen molar-refractivity contribution in [1.29, 1.82) is 0 Å². The second-order valence-corrected chi connectivity index (χ2v) is 8.07. The molecule has 0 bridgehead atoms.